The fourth-order valence-corrected chi connectivity index (χ4v) is 1.09. The van der Waals surface area contributed by atoms with Crippen molar-refractivity contribution in [2.75, 3.05) is 13.6 Å². The first-order valence-electron chi connectivity index (χ1n) is 4.15. The summed E-state index contributed by atoms with van der Waals surface area (Å²) in [5.74, 6) is 0. The number of hydrogen-bond donors (Lipinski definition) is 2. The maximum Gasteiger partial charge on any atom is 0.166 e. The molecule has 5 heteroatoms. The van der Waals surface area contributed by atoms with E-state index in [0.717, 1.165) is 18.7 Å². The Balaban J connectivity index is 2.24. The normalized spacial score (nSPS) is 9.69. The lowest BCUT2D eigenvalue weighted by Crippen LogP contribution is -2.33. The summed E-state index contributed by atoms with van der Waals surface area (Å²) in [6, 6.07) is 0. The molecule has 0 bridgehead atoms. The van der Waals surface area contributed by atoms with Crippen LogP contribution in [0.25, 0.3) is 0 Å². The van der Waals surface area contributed by atoms with Gasteiger partial charge in [0.05, 0.1) is 12.0 Å². The predicted molar refractivity (Wildman–Crippen MR) is 56.6 cm³/mol. The van der Waals surface area contributed by atoms with Crippen molar-refractivity contribution in [1.29, 1.82) is 0 Å². The van der Waals surface area contributed by atoms with Gasteiger partial charge in [0.15, 0.2) is 5.11 Å². The highest BCUT2D eigenvalue weighted by atomic mass is 32.1. The topological polar surface area (TPSA) is 41.9 Å². The maximum atomic E-state index is 4.93. The van der Waals surface area contributed by atoms with Gasteiger partial charge in [-0.05, 0) is 12.2 Å². The van der Waals surface area contributed by atoms with Crippen molar-refractivity contribution in [3.63, 3.8) is 0 Å². The number of imidazole rings is 1. The molecule has 1 rings (SSSR count). The molecule has 0 fully saturated rings. The molecule has 0 spiro atoms. The molecule has 4 nitrogen and oxygen atoms in total. The Morgan fingerprint density at radius 1 is 1.69 bits per heavy atom. The zero-order chi connectivity index (χ0) is 9.68. The molecule has 0 aliphatic rings. The Bertz CT molecular complexity index is 281. The third-order valence-corrected chi connectivity index (χ3v) is 2.00. The highest BCUT2D eigenvalue weighted by Gasteiger charge is 1.96. The molecular formula is C8H14N4S. The number of nitrogens with one attached hydrogen (secondary N) is 2. The quantitative estimate of drug-likeness (QED) is 0.674. The summed E-state index contributed by atoms with van der Waals surface area (Å²) >= 11 is 4.93. The Morgan fingerprint density at radius 2 is 2.46 bits per heavy atom. The highest BCUT2D eigenvalue weighted by molar-refractivity contribution is 7.80. The highest BCUT2D eigenvalue weighted by Crippen LogP contribution is 1.93. The van der Waals surface area contributed by atoms with Crippen molar-refractivity contribution in [2.45, 2.75) is 6.42 Å². The Hall–Kier alpha value is -1.10. The summed E-state index contributed by atoms with van der Waals surface area (Å²) in [5.41, 5.74) is 1.08. The Labute approximate surface area is 83.4 Å². The van der Waals surface area contributed by atoms with E-state index < -0.39 is 0 Å². The molecule has 0 aliphatic heterocycles. The van der Waals surface area contributed by atoms with Crippen LogP contribution in [0.5, 0.6) is 0 Å². The van der Waals surface area contributed by atoms with Crippen LogP contribution in [-0.4, -0.2) is 28.3 Å². The molecule has 0 unspecified atom stereocenters. The molecule has 0 amide bonds. The van der Waals surface area contributed by atoms with Crippen LogP contribution in [0.2, 0.25) is 0 Å². The first kappa shape index (κ1) is 9.98. The van der Waals surface area contributed by atoms with E-state index in [4.69, 9.17) is 12.2 Å². The lowest BCUT2D eigenvalue weighted by atomic mass is 10.3. The minimum Gasteiger partial charge on any atom is -0.366 e. The average Bonchev–Trinajstić information content (AvgIpc) is 2.51. The molecule has 0 aromatic carbocycles. The van der Waals surface area contributed by atoms with E-state index in [-0.39, 0.29) is 0 Å². The van der Waals surface area contributed by atoms with Gasteiger partial charge in [0, 0.05) is 33.3 Å². The predicted octanol–water partition coefficient (Wildman–Crippen LogP) is 0.0565. The monoisotopic (exact) mass is 198 g/mol. The number of aromatic nitrogens is 2. The molecule has 2 N–H and O–H groups in total. The van der Waals surface area contributed by atoms with Gasteiger partial charge in [0.1, 0.15) is 0 Å². The van der Waals surface area contributed by atoms with E-state index in [1.165, 1.54) is 0 Å². The van der Waals surface area contributed by atoms with Gasteiger partial charge in [0.25, 0.3) is 0 Å². The van der Waals surface area contributed by atoms with E-state index in [9.17, 15) is 0 Å². The van der Waals surface area contributed by atoms with Gasteiger partial charge in [0.2, 0.25) is 0 Å². The van der Waals surface area contributed by atoms with Gasteiger partial charge >= 0.3 is 0 Å². The largest absolute Gasteiger partial charge is 0.366 e. The summed E-state index contributed by atoms with van der Waals surface area (Å²) < 4.78 is 1.94. The van der Waals surface area contributed by atoms with Crippen molar-refractivity contribution in [3.8, 4) is 0 Å². The van der Waals surface area contributed by atoms with Gasteiger partial charge in [-0.1, -0.05) is 0 Å². The van der Waals surface area contributed by atoms with Crippen LogP contribution in [0.3, 0.4) is 0 Å². The second-order valence-corrected chi connectivity index (χ2v) is 3.19. The SMILES string of the molecule is CNC(=S)NCCc1cn(C)cn1. The van der Waals surface area contributed by atoms with E-state index in [1.54, 1.807) is 13.4 Å². The van der Waals surface area contributed by atoms with Crippen molar-refractivity contribution in [2.24, 2.45) is 7.05 Å². The van der Waals surface area contributed by atoms with E-state index in [1.807, 2.05) is 17.8 Å². The van der Waals surface area contributed by atoms with E-state index in [0.29, 0.717) is 5.11 Å². The van der Waals surface area contributed by atoms with Crippen molar-refractivity contribution < 1.29 is 0 Å². The molecule has 13 heavy (non-hydrogen) atoms. The molecule has 1 aromatic heterocycles. The molecule has 72 valence electrons. The van der Waals surface area contributed by atoms with Crippen LogP contribution in [0.1, 0.15) is 5.69 Å². The minimum atomic E-state index is 0.677. The summed E-state index contributed by atoms with van der Waals surface area (Å²) in [6.45, 7) is 0.816. The third kappa shape index (κ3) is 3.42. The average molecular weight is 198 g/mol. The fourth-order valence-electron chi connectivity index (χ4n) is 0.989. The lowest BCUT2D eigenvalue weighted by Gasteiger charge is -2.04. The standard InChI is InChI=1S/C8H14N4S/c1-9-8(13)10-4-3-7-5-12(2)6-11-7/h5-6H,3-4H2,1-2H3,(H2,9,10,13). The number of thiocarbonyl (C=S) groups is 1. The molecule has 1 heterocycles. The second kappa shape index (κ2) is 4.81. The smallest absolute Gasteiger partial charge is 0.166 e. The molecule has 0 aliphatic carbocycles. The number of aryl methyl sites for hydroxylation is 1. The van der Waals surface area contributed by atoms with Crippen LogP contribution in [-0.2, 0) is 13.5 Å². The number of rotatable bonds is 3. The van der Waals surface area contributed by atoms with Crippen molar-refractivity contribution in [1.82, 2.24) is 20.2 Å². The van der Waals surface area contributed by atoms with Crippen LogP contribution >= 0.6 is 12.2 Å². The second-order valence-electron chi connectivity index (χ2n) is 2.79. The van der Waals surface area contributed by atoms with Crippen molar-refractivity contribution >= 4 is 17.3 Å². The third-order valence-electron chi connectivity index (χ3n) is 1.65. The molecule has 0 atom stereocenters. The van der Waals surface area contributed by atoms with Gasteiger partial charge in [-0.2, -0.15) is 0 Å². The summed E-state index contributed by atoms with van der Waals surface area (Å²) in [4.78, 5) is 4.20. The first-order chi connectivity index (χ1) is 6.22. The van der Waals surface area contributed by atoms with Gasteiger partial charge in [-0.25, -0.2) is 4.98 Å². The van der Waals surface area contributed by atoms with Gasteiger partial charge < -0.3 is 15.2 Å². The fraction of sp³-hybridized carbons (Fsp3) is 0.500. The summed E-state index contributed by atoms with van der Waals surface area (Å²) in [5, 5.41) is 6.59. The molecular weight excluding hydrogens is 184 g/mol. The van der Waals surface area contributed by atoms with Gasteiger partial charge in [-0.15, -0.1) is 0 Å². The van der Waals surface area contributed by atoms with Crippen LogP contribution in [0.4, 0.5) is 0 Å². The molecule has 0 saturated heterocycles. The number of hydrogen-bond acceptors (Lipinski definition) is 2. The zero-order valence-corrected chi connectivity index (χ0v) is 8.69. The zero-order valence-electron chi connectivity index (χ0n) is 7.87. The molecule has 1 aromatic rings. The minimum absolute atomic E-state index is 0.677. The lowest BCUT2D eigenvalue weighted by molar-refractivity contribution is 0.833. The Kier molecular flexibility index (Phi) is 3.70. The maximum absolute atomic E-state index is 4.93. The van der Waals surface area contributed by atoms with E-state index >= 15 is 0 Å². The van der Waals surface area contributed by atoms with Gasteiger partial charge in [-0.3, -0.25) is 0 Å². The van der Waals surface area contributed by atoms with Crippen LogP contribution in [0, 0.1) is 0 Å². The number of nitrogens with zero attached hydrogens (tertiary/aromatic N) is 2. The first-order valence-corrected chi connectivity index (χ1v) is 4.55. The van der Waals surface area contributed by atoms with Crippen LogP contribution < -0.4 is 10.6 Å². The van der Waals surface area contributed by atoms with Crippen molar-refractivity contribution in [3.05, 3.63) is 18.2 Å². The van der Waals surface area contributed by atoms with Crippen LogP contribution in [0.15, 0.2) is 12.5 Å². The van der Waals surface area contributed by atoms with E-state index in [2.05, 4.69) is 15.6 Å². The Morgan fingerprint density at radius 3 is 3.00 bits per heavy atom. The summed E-state index contributed by atoms with van der Waals surface area (Å²) in [6.07, 6.45) is 4.69. The molecule has 0 saturated carbocycles. The summed E-state index contributed by atoms with van der Waals surface area (Å²) in [7, 11) is 3.76. The molecule has 0 radical (unpaired) electrons.